The second-order valence-corrected chi connectivity index (χ2v) is 3.57. The zero-order chi connectivity index (χ0) is 15.5. The third kappa shape index (κ3) is 3.04. The third-order valence-corrected chi connectivity index (χ3v) is 2.41. The normalized spacial score (nSPS) is 15.3. The van der Waals surface area contributed by atoms with Gasteiger partial charge in [0.2, 0.25) is 0 Å². The van der Waals surface area contributed by atoms with Gasteiger partial charge in [0.1, 0.15) is 0 Å². The monoisotopic (exact) mass is 239 g/mol. The maximum absolute atomic E-state index is 10.6. The van der Waals surface area contributed by atoms with Crippen LogP contribution in [0.1, 0.15) is 24.3 Å². The fourth-order valence-corrected chi connectivity index (χ4v) is 1.47. The largest absolute Gasteiger partial charge is 0.288 e. The highest BCUT2D eigenvalue weighted by Gasteiger charge is 2.16. The smallest absolute Gasteiger partial charge is 0.269 e. The summed E-state index contributed by atoms with van der Waals surface area (Å²) in [6.07, 6.45) is 0.338. The van der Waals surface area contributed by atoms with Crippen LogP contribution >= 0.6 is 0 Å². The Kier molecular flexibility index (Phi) is 2.94. The first-order valence-electron chi connectivity index (χ1n) is 6.60. The molecular weight excluding hydrogens is 220 g/mol. The quantitative estimate of drug-likeness (QED) is 0.487. The van der Waals surface area contributed by atoms with Crippen molar-refractivity contribution < 1.29 is 14.2 Å². The van der Waals surface area contributed by atoms with Crippen molar-refractivity contribution in [1.29, 1.82) is 0 Å². The number of nitro benzene ring substituents is 1. The molecule has 1 atom stereocenters. The van der Waals surface area contributed by atoms with Crippen molar-refractivity contribution in [1.82, 2.24) is 0 Å². The van der Waals surface area contributed by atoms with E-state index in [1.54, 1.807) is 6.92 Å². The molecule has 0 spiro atoms. The molecule has 92 valence electrons. The molecule has 1 N–H and O–H groups in total. The van der Waals surface area contributed by atoms with Crippen LogP contribution in [0.4, 0.5) is 11.4 Å². The van der Waals surface area contributed by atoms with E-state index in [-0.39, 0.29) is 16.9 Å². The Hall–Kier alpha value is -1.88. The van der Waals surface area contributed by atoms with Crippen LogP contribution in [0.2, 0.25) is 0 Å². The minimum absolute atomic E-state index is 0.0825. The van der Waals surface area contributed by atoms with E-state index in [0.29, 0.717) is 6.42 Å². The Morgan fingerprint density at radius 3 is 2.65 bits per heavy atom. The van der Waals surface area contributed by atoms with Crippen LogP contribution < -0.4 is 5.06 Å². The number of nitrogens with zero attached hydrogens (tertiary/aromatic N) is 2. The first kappa shape index (κ1) is 9.18. The van der Waals surface area contributed by atoms with Gasteiger partial charge in [-0.1, -0.05) is 19.1 Å². The van der Waals surface area contributed by atoms with Crippen LogP contribution in [-0.4, -0.2) is 16.2 Å². The second kappa shape index (κ2) is 5.45. The minimum atomic E-state index is -2.37. The van der Waals surface area contributed by atoms with Crippen LogP contribution in [-0.2, 0) is 0 Å². The molecule has 0 heterocycles. The lowest BCUT2D eigenvalue weighted by molar-refractivity contribution is -0.384. The fourth-order valence-electron chi connectivity index (χ4n) is 1.47. The molecular formula is C12H16N2O3. The molecule has 0 aliphatic carbocycles. The van der Waals surface area contributed by atoms with Gasteiger partial charge in [-0.15, -0.1) is 0 Å². The summed E-state index contributed by atoms with van der Waals surface area (Å²) in [7, 11) is 0. The van der Waals surface area contributed by atoms with Crippen molar-refractivity contribution in [2.45, 2.75) is 26.2 Å². The summed E-state index contributed by atoms with van der Waals surface area (Å²) in [6, 6.07) is 4.40. The molecule has 0 bridgehead atoms. The van der Waals surface area contributed by atoms with Gasteiger partial charge >= 0.3 is 0 Å². The van der Waals surface area contributed by atoms with E-state index in [9.17, 15) is 15.3 Å². The van der Waals surface area contributed by atoms with Crippen molar-refractivity contribution in [2.24, 2.45) is 0 Å². The first-order valence-corrected chi connectivity index (χ1v) is 5.10. The van der Waals surface area contributed by atoms with Gasteiger partial charge < -0.3 is 0 Å². The third-order valence-electron chi connectivity index (χ3n) is 2.41. The molecule has 17 heavy (non-hydrogen) atoms. The van der Waals surface area contributed by atoms with Gasteiger partial charge in [0.05, 0.1) is 16.7 Å². The predicted octanol–water partition coefficient (Wildman–Crippen LogP) is 3.15. The van der Waals surface area contributed by atoms with Crippen molar-refractivity contribution in [2.75, 3.05) is 5.06 Å². The lowest BCUT2D eigenvalue weighted by Gasteiger charge is -2.27. The van der Waals surface area contributed by atoms with Crippen LogP contribution in [0.3, 0.4) is 0 Å². The number of non-ortho nitro benzene ring substituents is 1. The van der Waals surface area contributed by atoms with Gasteiger partial charge in [-0.3, -0.25) is 15.3 Å². The van der Waals surface area contributed by atoms with Crippen LogP contribution in [0.5, 0.6) is 0 Å². The van der Waals surface area contributed by atoms with E-state index in [1.165, 1.54) is 24.3 Å². The van der Waals surface area contributed by atoms with Gasteiger partial charge in [0.25, 0.3) is 5.69 Å². The highest BCUT2D eigenvalue weighted by molar-refractivity contribution is 5.50. The van der Waals surface area contributed by atoms with E-state index in [4.69, 9.17) is 4.11 Å². The summed E-state index contributed by atoms with van der Waals surface area (Å²) in [5.74, 6) is 0. The Bertz CT molecular complexity index is 500. The molecule has 1 unspecified atom stereocenters. The average molecular weight is 239 g/mol. The van der Waals surface area contributed by atoms with E-state index in [2.05, 4.69) is 6.58 Å². The minimum Gasteiger partial charge on any atom is -0.288 e. The predicted molar refractivity (Wildman–Crippen MR) is 66.3 cm³/mol. The Balaban J connectivity index is 2.99. The fraction of sp³-hybridized carbons (Fsp3) is 0.333. The molecule has 1 aromatic carbocycles. The summed E-state index contributed by atoms with van der Waals surface area (Å²) in [5, 5.41) is 21.4. The van der Waals surface area contributed by atoms with Crippen molar-refractivity contribution >= 4 is 11.4 Å². The van der Waals surface area contributed by atoms with Crippen molar-refractivity contribution in [3.63, 3.8) is 0 Å². The molecule has 0 saturated carbocycles. The van der Waals surface area contributed by atoms with E-state index >= 15 is 0 Å². The van der Waals surface area contributed by atoms with Crippen molar-refractivity contribution in [3.05, 3.63) is 46.5 Å². The highest BCUT2D eigenvalue weighted by atomic mass is 16.6. The van der Waals surface area contributed by atoms with Crippen molar-refractivity contribution in [3.8, 4) is 0 Å². The zero-order valence-electron chi connectivity index (χ0n) is 12.5. The molecule has 0 aliphatic heterocycles. The molecule has 0 aromatic heterocycles. The molecule has 1 aromatic rings. The van der Waals surface area contributed by atoms with Crippen LogP contribution in [0.25, 0.3) is 0 Å². The summed E-state index contributed by atoms with van der Waals surface area (Å²) in [5.41, 5.74) is 0.0820. The average Bonchev–Trinajstić information content (AvgIpc) is 2.38. The number of hydroxylamine groups is 1. The number of hydrogen-bond acceptors (Lipinski definition) is 4. The number of benzene rings is 1. The van der Waals surface area contributed by atoms with E-state index < -0.39 is 17.8 Å². The van der Waals surface area contributed by atoms with E-state index in [0.717, 1.165) is 5.06 Å². The highest BCUT2D eigenvalue weighted by Crippen LogP contribution is 2.22. The van der Waals surface area contributed by atoms with Gasteiger partial charge in [-0.25, -0.2) is 5.06 Å². The molecule has 0 aliphatic rings. The number of nitro groups is 1. The molecule has 1 rings (SSSR count). The van der Waals surface area contributed by atoms with Gasteiger partial charge in [-0.2, -0.15) is 0 Å². The lowest BCUT2D eigenvalue weighted by Crippen LogP contribution is -2.32. The SMILES string of the molecule is [2H]C([2H])([2H])C(=C)C(CC)N(O)c1ccc([N+](=O)[O-])cc1. The zero-order valence-corrected chi connectivity index (χ0v) is 9.46. The number of anilines is 1. The second-order valence-electron chi connectivity index (χ2n) is 3.57. The first-order chi connectivity index (χ1) is 9.18. The standard InChI is InChI=1S/C12H16N2O3/c1-4-12(9(2)3)13(15)10-5-7-11(8-6-10)14(16)17/h5-8,12,15H,2,4H2,1,3H3/i3D3. The van der Waals surface area contributed by atoms with Gasteiger partial charge in [0.15, 0.2) is 0 Å². The molecule has 0 radical (unpaired) electrons. The van der Waals surface area contributed by atoms with Crippen LogP contribution in [0.15, 0.2) is 36.4 Å². The molecule has 0 fully saturated rings. The maximum Gasteiger partial charge on any atom is 0.269 e. The summed E-state index contributed by atoms with van der Waals surface area (Å²) < 4.78 is 22.0. The van der Waals surface area contributed by atoms with Crippen LogP contribution in [0, 0.1) is 10.1 Å². The summed E-state index contributed by atoms with van der Waals surface area (Å²) in [4.78, 5) is 10.0. The van der Waals surface area contributed by atoms with Gasteiger partial charge in [-0.05, 0) is 25.4 Å². The molecule has 5 heteroatoms. The number of hydrogen-bond donors (Lipinski definition) is 1. The summed E-state index contributed by atoms with van der Waals surface area (Å²) in [6.45, 7) is 2.86. The van der Waals surface area contributed by atoms with Gasteiger partial charge in [0, 0.05) is 16.2 Å². The Morgan fingerprint density at radius 1 is 1.65 bits per heavy atom. The Labute approximate surface area is 104 Å². The molecule has 5 nitrogen and oxygen atoms in total. The molecule has 0 saturated heterocycles. The topological polar surface area (TPSA) is 66.6 Å². The number of rotatable bonds is 5. The maximum atomic E-state index is 10.6. The Morgan fingerprint density at radius 2 is 2.24 bits per heavy atom. The molecule has 0 amide bonds. The lowest BCUT2D eigenvalue weighted by atomic mass is 10.1. The van der Waals surface area contributed by atoms with E-state index in [1.807, 2.05) is 0 Å². The summed E-state index contributed by atoms with van der Waals surface area (Å²) >= 11 is 0.